The Hall–Kier alpha value is -2.38. The zero-order valence-corrected chi connectivity index (χ0v) is 24.0. The van der Waals surface area contributed by atoms with Crippen LogP contribution in [0, 0.1) is 20.8 Å². The number of benzene rings is 2. The number of hydrogen-bond acceptors (Lipinski definition) is 6. The Morgan fingerprint density at radius 3 is 2.19 bits per heavy atom. The summed E-state index contributed by atoms with van der Waals surface area (Å²) in [5, 5.41) is 16.2. The quantitative estimate of drug-likeness (QED) is 0.289. The summed E-state index contributed by atoms with van der Waals surface area (Å²) in [6, 6.07) is 10.5. The van der Waals surface area contributed by atoms with Crippen molar-refractivity contribution < 1.29 is 15.0 Å². The van der Waals surface area contributed by atoms with Crippen LogP contribution in [-0.4, -0.2) is 40.4 Å². The Bertz CT molecular complexity index is 1200. The topological polar surface area (TPSA) is 73.7 Å². The number of aliphatic hydroxyl groups is 2. The van der Waals surface area contributed by atoms with Gasteiger partial charge in [-0.05, 0) is 75.4 Å². The smallest absolute Gasteiger partial charge is 0.124 e. The maximum atomic E-state index is 11.6. The van der Waals surface area contributed by atoms with Gasteiger partial charge in [-0.15, -0.1) is 0 Å². The number of hydrogen-bond donors (Lipinski definition) is 2. The molecule has 0 bridgehead atoms. The summed E-state index contributed by atoms with van der Waals surface area (Å²) in [4.78, 5) is 16.2. The molecule has 0 fully saturated rings. The summed E-state index contributed by atoms with van der Waals surface area (Å²) < 4.78 is 2.27. The lowest BCUT2D eigenvalue weighted by atomic mass is 9.82. The number of rotatable bonds is 4. The molecule has 0 saturated heterocycles. The Kier molecular flexibility index (Phi) is 10.6. The molecule has 2 N–H and O–H groups in total. The molecule has 7 heteroatoms. The molecule has 0 spiro atoms. The van der Waals surface area contributed by atoms with Gasteiger partial charge in [0, 0.05) is 37.1 Å². The normalized spacial score (nSPS) is 11.9. The van der Waals surface area contributed by atoms with Crippen LogP contribution in [0.15, 0.2) is 36.5 Å². The minimum Gasteiger partial charge on any atom is -0.400 e. The number of pyridine rings is 1. The van der Waals surface area contributed by atoms with Gasteiger partial charge in [0.1, 0.15) is 6.29 Å². The number of carbonyl (C=O) groups excluding carboxylic acids is 1. The number of halogens is 1. The molecule has 1 aliphatic heterocycles. The fraction of sp³-hybridized carbons (Fsp3) is 0.379. The lowest BCUT2D eigenvalue weighted by Gasteiger charge is -2.35. The number of aryl methyl sites for hydroxylation is 1. The van der Waals surface area contributed by atoms with Crippen LogP contribution in [0.3, 0.4) is 0 Å². The first-order valence-corrected chi connectivity index (χ1v) is 13.3. The van der Waals surface area contributed by atoms with Crippen molar-refractivity contribution in [3.8, 4) is 22.3 Å². The van der Waals surface area contributed by atoms with Crippen molar-refractivity contribution in [2.45, 2.75) is 60.1 Å². The molecular weight excluding hydrogens is 492 g/mol. The van der Waals surface area contributed by atoms with E-state index in [0.29, 0.717) is 18.0 Å². The van der Waals surface area contributed by atoms with Crippen LogP contribution in [0.1, 0.15) is 48.7 Å². The highest BCUT2D eigenvalue weighted by Gasteiger charge is 2.30. The summed E-state index contributed by atoms with van der Waals surface area (Å²) >= 11 is 8.01. The van der Waals surface area contributed by atoms with Gasteiger partial charge >= 0.3 is 0 Å². The van der Waals surface area contributed by atoms with Crippen LogP contribution >= 0.6 is 23.5 Å². The molecule has 0 aliphatic carbocycles. The molecule has 3 aromatic rings. The van der Waals surface area contributed by atoms with E-state index >= 15 is 0 Å². The predicted octanol–water partition coefficient (Wildman–Crippen LogP) is 6.72. The largest absolute Gasteiger partial charge is 0.400 e. The fourth-order valence-electron chi connectivity index (χ4n) is 4.32. The Balaban J connectivity index is 0.000000583. The Morgan fingerprint density at radius 2 is 1.67 bits per heavy atom. The molecule has 2 heterocycles. The number of carbonyl (C=O) groups is 1. The second-order valence-corrected chi connectivity index (χ2v) is 10.8. The fourth-order valence-corrected chi connectivity index (χ4v) is 5.14. The zero-order valence-electron chi connectivity index (χ0n) is 22.4. The number of aromatic nitrogens is 1. The second kappa shape index (κ2) is 12.7. The maximum Gasteiger partial charge on any atom is 0.124 e. The van der Waals surface area contributed by atoms with Crippen molar-refractivity contribution in [3.63, 3.8) is 0 Å². The van der Waals surface area contributed by atoms with Crippen molar-refractivity contribution >= 4 is 35.5 Å². The van der Waals surface area contributed by atoms with Gasteiger partial charge in [0.2, 0.25) is 0 Å². The van der Waals surface area contributed by atoms with Crippen LogP contribution in [0.4, 0.5) is 5.69 Å². The average Bonchev–Trinajstić information content (AvgIpc) is 2.82. The lowest BCUT2D eigenvalue weighted by molar-refractivity contribution is -0.107. The zero-order chi connectivity index (χ0) is 27.2. The molecule has 2 aromatic carbocycles. The van der Waals surface area contributed by atoms with E-state index in [2.05, 4.69) is 60.6 Å². The van der Waals surface area contributed by atoms with Crippen molar-refractivity contribution in [2.75, 3.05) is 17.7 Å². The minimum atomic E-state index is -0.500. The molecule has 4 rings (SSSR count). The number of fused-ring (bicyclic) bond motifs is 3. The molecule has 1 aromatic heterocycles. The molecule has 0 saturated carbocycles. The molecule has 0 amide bonds. The highest BCUT2D eigenvalue weighted by molar-refractivity contribution is 7.99. The van der Waals surface area contributed by atoms with Crippen LogP contribution < -0.4 is 4.31 Å². The summed E-state index contributed by atoms with van der Waals surface area (Å²) in [6.45, 7) is 12.3. The van der Waals surface area contributed by atoms with Gasteiger partial charge in [0.15, 0.2) is 0 Å². The molecule has 0 radical (unpaired) electrons. The number of aliphatic hydroxyl groups excluding tert-OH is 1. The number of anilines is 1. The summed E-state index contributed by atoms with van der Waals surface area (Å²) in [5.41, 5.74) is 10.8. The monoisotopic (exact) mass is 528 g/mol. The number of nitrogens with zero attached hydrogens (tertiary/aromatic N) is 2. The third kappa shape index (κ3) is 6.88. The molecule has 194 valence electrons. The molecule has 5 nitrogen and oxygen atoms in total. The van der Waals surface area contributed by atoms with Crippen molar-refractivity contribution in [2.24, 2.45) is 0 Å². The van der Waals surface area contributed by atoms with Gasteiger partial charge in [0.05, 0.1) is 28.5 Å². The van der Waals surface area contributed by atoms with Crippen LogP contribution in [-0.2, 0) is 17.8 Å². The predicted molar refractivity (Wildman–Crippen MR) is 154 cm³/mol. The van der Waals surface area contributed by atoms with E-state index in [1.807, 2.05) is 6.07 Å². The highest BCUT2D eigenvalue weighted by Crippen LogP contribution is 2.50. The van der Waals surface area contributed by atoms with Gasteiger partial charge in [-0.3, -0.25) is 4.98 Å². The van der Waals surface area contributed by atoms with E-state index in [1.165, 1.54) is 16.8 Å². The first kappa shape index (κ1) is 29.8. The van der Waals surface area contributed by atoms with Gasteiger partial charge in [-0.2, -0.15) is 0 Å². The van der Waals surface area contributed by atoms with Gasteiger partial charge in [-0.25, -0.2) is 0 Å². The van der Waals surface area contributed by atoms with E-state index in [-0.39, 0.29) is 0 Å². The average molecular weight is 529 g/mol. The molecular formula is C29H37ClN2O3S. The van der Waals surface area contributed by atoms with Gasteiger partial charge in [-0.1, -0.05) is 53.4 Å². The van der Waals surface area contributed by atoms with Crippen LogP contribution in [0.25, 0.3) is 22.3 Å². The van der Waals surface area contributed by atoms with E-state index in [1.54, 1.807) is 38.9 Å². The first-order chi connectivity index (χ1) is 17.0. The van der Waals surface area contributed by atoms with Crippen molar-refractivity contribution in [1.29, 1.82) is 0 Å². The van der Waals surface area contributed by atoms with Gasteiger partial charge in [0.25, 0.3) is 0 Å². The van der Waals surface area contributed by atoms with Crippen LogP contribution in [0.2, 0.25) is 5.02 Å². The van der Waals surface area contributed by atoms with E-state index < -0.39 is 5.60 Å². The van der Waals surface area contributed by atoms with E-state index in [9.17, 15) is 4.79 Å². The van der Waals surface area contributed by atoms with Crippen LogP contribution in [0.5, 0.6) is 0 Å². The summed E-state index contributed by atoms with van der Waals surface area (Å²) in [5.74, 6) is 0. The minimum absolute atomic E-state index is 0.395. The highest BCUT2D eigenvalue weighted by atomic mass is 35.5. The molecule has 0 unspecified atom stereocenters. The lowest BCUT2D eigenvalue weighted by Crippen LogP contribution is -2.23. The SMILES string of the molecule is CC(C)(C)O.CO.CSN1Cc2ncc(Cl)cc2-c2c(C)c(-c3ccc(C)cc3)c(CC=O)c(C)c21. The number of aldehydes is 1. The second-order valence-electron chi connectivity index (χ2n) is 9.60. The van der Waals surface area contributed by atoms with Gasteiger partial charge < -0.3 is 19.3 Å². The molecule has 36 heavy (non-hydrogen) atoms. The summed E-state index contributed by atoms with van der Waals surface area (Å²) in [6.07, 6.45) is 5.19. The maximum absolute atomic E-state index is 11.6. The Labute approximate surface area is 224 Å². The van der Waals surface area contributed by atoms with Crippen molar-refractivity contribution in [3.05, 3.63) is 69.5 Å². The van der Waals surface area contributed by atoms with E-state index in [0.717, 1.165) is 52.5 Å². The third-order valence-electron chi connectivity index (χ3n) is 5.69. The Morgan fingerprint density at radius 1 is 1.08 bits per heavy atom. The first-order valence-electron chi connectivity index (χ1n) is 11.8. The van der Waals surface area contributed by atoms with E-state index in [4.69, 9.17) is 21.8 Å². The summed E-state index contributed by atoms with van der Waals surface area (Å²) in [7, 11) is 1.00. The molecule has 1 aliphatic rings. The standard InChI is InChI=1S/C24H23ClN2OS.C4H10O.CH4O/c1-14-5-7-17(8-6-14)22-16(3)23-20-11-18(25)12-26-21(20)13-27(29-4)24(23)15(2)19(22)9-10-28;1-4(2,3)5;1-2/h5-8,10-12H,9,13H2,1-4H3;5H,1-3H3;2H,1H3. The van der Waals surface area contributed by atoms with Crippen molar-refractivity contribution in [1.82, 2.24) is 4.98 Å². The third-order valence-corrected chi connectivity index (χ3v) is 6.65. The molecule has 0 atom stereocenters.